The average Bonchev–Trinajstić information content (AvgIpc) is 3.20. The summed E-state index contributed by atoms with van der Waals surface area (Å²) in [6.07, 6.45) is -6.95. The lowest BCUT2D eigenvalue weighted by molar-refractivity contribution is -0.138. The number of ether oxygens (including phenoxy) is 1. The number of benzene rings is 1. The van der Waals surface area contributed by atoms with Crippen LogP contribution in [-0.4, -0.2) is 45.1 Å². The Kier molecular flexibility index (Phi) is 5.93. The van der Waals surface area contributed by atoms with Gasteiger partial charge in [0.2, 0.25) is 0 Å². The molecule has 1 aliphatic rings. The predicted molar refractivity (Wildman–Crippen MR) is 103 cm³/mol. The van der Waals surface area contributed by atoms with Gasteiger partial charge in [-0.2, -0.15) is 26.3 Å². The number of alkyl halides is 6. The summed E-state index contributed by atoms with van der Waals surface area (Å²) in [5, 5.41) is 7.95. The molecular weight excluding hydrogens is 454 g/mol. The van der Waals surface area contributed by atoms with Crippen LogP contribution in [0.4, 0.5) is 26.3 Å². The van der Waals surface area contributed by atoms with Gasteiger partial charge in [0.05, 0.1) is 11.1 Å². The summed E-state index contributed by atoms with van der Waals surface area (Å²) >= 11 is 0. The zero-order chi connectivity index (χ0) is 23.8. The fraction of sp³-hybridized carbons (Fsp3) is 0.381. The first-order valence-corrected chi connectivity index (χ1v) is 10.0. The van der Waals surface area contributed by atoms with Crippen LogP contribution in [0, 0.1) is 0 Å². The van der Waals surface area contributed by atoms with Crippen LogP contribution in [0.25, 0.3) is 5.65 Å². The Hall–Kier alpha value is -3.31. The molecular formula is C21H18F6N4O2. The first-order chi connectivity index (χ1) is 15.5. The van der Waals surface area contributed by atoms with Gasteiger partial charge in [-0.15, -0.1) is 10.2 Å². The molecule has 176 valence electrons. The Morgan fingerprint density at radius 1 is 1.03 bits per heavy atom. The molecule has 4 rings (SSSR count). The summed E-state index contributed by atoms with van der Waals surface area (Å²) in [5.74, 6) is -0.570. The molecule has 0 radical (unpaired) electrons. The Bertz CT molecular complexity index is 1160. The molecule has 0 spiro atoms. The number of halogens is 6. The van der Waals surface area contributed by atoms with Gasteiger partial charge in [0.15, 0.2) is 12.3 Å². The molecule has 6 nitrogen and oxygen atoms in total. The van der Waals surface area contributed by atoms with Crippen LogP contribution >= 0.6 is 0 Å². The number of nitrogens with zero attached hydrogens (tertiary/aromatic N) is 4. The van der Waals surface area contributed by atoms with Gasteiger partial charge in [-0.25, -0.2) is 0 Å². The molecule has 0 N–H and O–H groups in total. The maximum atomic E-state index is 13.1. The third-order valence-electron chi connectivity index (χ3n) is 5.42. The van der Waals surface area contributed by atoms with Gasteiger partial charge >= 0.3 is 12.4 Å². The van der Waals surface area contributed by atoms with Gasteiger partial charge in [0, 0.05) is 25.2 Å². The second-order valence-corrected chi connectivity index (χ2v) is 7.70. The predicted octanol–water partition coefficient (Wildman–Crippen LogP) is 4.55. The zero-order valence-electron chi connectivity index (χ0n) is 17.0. The fourth-order valence-corrected chi connectivity index (χ4v) is 3.77. The van der Waals surface area contributed by atoms with Crippen LogP contribution in [-0.2, 0) is 17.1 Å². The van der Waals surface area contributed by atoms with E-state index in [0.717, 1.165) is 24.4 Å². The number of pyridine rings is 1. The number of hydrogen-bond donors (Lipinski definition) is 0. The van der Waals surface area contributed by atoms with Crippen molar-refractivity contribution in [2.75, 3.05) is 19.7 Å². The van der Waals surface area contributed by atoms with Crippen LogP contribution in [0.15, 0.2) is 42.6 Å². The summed E-state index contributed by atoms with van der Waals surface area (Å²) in [6, 6.07) is 6.38. The molecule has 1 aliphatic heterocycles. The van der Waals surface area contributed by atoms with E-state index in [1.807, 2.05) is 0 Å². The minimum atomic E-state index is -4.53. The van der Waals surface area contributed by atoms with Gasteiger partial charge in [-0.3, -0.25) is 9.20 Å². The first-order valence-electron chi connectivity index (χ1n) is 10.0. The molecule has 1 atom stereocenters. The molecule has 1 amide bonds. The Morgan fingerprint density at radius 2 is 1.79 bits per heavy atom. The van der Waals surface area contributed by atoms with Crippen LogP contribution in [0.2, 0.25) is 0 Å². The summed E-state index contributed by atoms with van der Waals surface area (Å²) in [5.41, 5.74) is -1.47. The molecule has 0 aliphatic carbocycles. The van der Waals surface area contributed by atoms with E-state index in [0.29, 0.717) is 25.2 Å². The van der Waals surface area contributed by atoms with Crippen molar-refractivity contribution in [2.45, 2.75) is 31.1 Å². The molecule has 1 fully saturated rings. The number of aromatic nitrogens is 3. The van der Waals surface area contributed by atoms with Gasteiger partial charge in [0.1, 0.15) is 11.6 Å². The number of likely N-dealkylation sites (tertiary alicyclic amines) is 1. The maximum Gasteiger partial charge on any atom is 0.417 e. The second kappa shape index (κ2) is 8.56. The standard InChI is InChI=1S/C21H18F6N4O2/c22-20(23,24)14-4-1-5-16(9-14)33-12-18(32)30-8-2-3-13(10-30)19-29-28-17-7-6-15(11-31(17)19)21(25,26)27/h1,4-7,9,11,13H,2-3,8,10,12H2. The van der Waals surface area contributed by atoms with E-state index in [9.17, 15) is 31.1 Å². The van der Waals surface area contributed by atoms with Crippen molar-refractivity contribution in [2.24, 2.45) is 0 Å². The third-order valence-corrected chi connectivity index (χ3v) is 5.42. The van der Waals surface area contributed by atoms with Crippen molar-refractivity contribution in [3.05, 3.63) is 59.5 Å². The minimum Gasteiger partial charge on any atom is -0.484 e. The topological polar surface area (TPSA) is 59.7 Å². The summed E-state index contributed by atoms with van der Waals surface area (Å²) in [4.78, 5) is 14.1. The van der Waals surface area contributed by atoms with E-state index in [1.165, 1.54) is 27.5 Å². The van der Waals surface area contributed by atoms with Gasteiger partial charge in [-0.1, -0.05) is 6.07 Å². The molecule has 3 aromatic rings. The highest BCUT2D eigenvalue weighted by atomic mass is 19.4. The van der Waals surface area contributed by atoms with E-state index in [-0.39, 0.29) is 23.9 Å². The lowest BCUT2D eigenvalue weighted by atomic mass is 9.97. The first kappa shape index (κ1) is 22.9. The number of hydrogen-bond acceptors (Lipinski definition) is 4. The SMILES string of the molecule is O=C(COc1cccc(C(F)(F)F)c1)N1CCCC(c2nnc3ccc(C(F)(F)F)cn23)C1. The van der Waals surface area contributed by atoms with Crippen LogP contribution in [0.3, 0.4) is 0 Å². The molecule has 1 saturated heterocycles. The summed E-state index contributed by atoms with van der Waals surface area (Å²) < 4.78 is 84.3. The second-order valence-electron chi connectivity index (χ2n) is 7.70. The van der Waals surface area contributed by atoms with E-state index in [2.05, 4.69) is 10.2 Å². The maximum absolute atomic E-state index is 13.1. The van der Waals surface area contributed by atoms with Crippen molar-refractivity contribution >= 4 is 11.6 Å². The number of carbonyl (C=O) groups excluding carboxylic acids is 1. The van der Waals surface area contributed by atoms with Gasteiger partial charge < -0.3 is 9.64 Å². The van der Waals surface area contributed by atoms with Crippen molar-refractivity contribution in [3.8, 4) is 5.75 Å². The number of carbonyl (C=O) groups is 1. The number of amides is 1. The normalized spacial score (nSPS) is 17.4. The number of fused-ring (bicyclic) bond motifs is 1. The minimum absolute atomic E-state index is 0.0881. The van der Waals surface area contributed by atoms with Crippen LogP contribution in [0.5, 0.6) is 5.75 Å². The molecule has 0 bridgehead atoms. The largest absolute Gasteiger partial charge is 0.484 e. The molecule has 1 aromatic carbocycles. The number of piperidine rings is 1. The highest BCUT2D eigenvalue weighted by Gasteiger charge is 2.33. The van der Waals surface area contributed by atoms with Crippen LogP contribution in [0.1, 0.15) is 35.7 Å². The average molecular weight is 472 g/mol. The van der Waals surface area contributed by atoms with Gasteiger partial charge in [0.25, 0.3) is 5.91 Å². The highest BCUT2D eigenvalue weighted by Crippen LogP contribution is 2.32. The van der Waals surface area contributed by atoms with Crippen molar-refractivity contribution in [3.63, 3.8) is 0 Å². The van der Waals surface area contributed by atoms with Crippen molar-refractivity contribution in [1.29, 1.82) is 0 Å². The van der Waals surface area contributed by atoms with Crippen molar-refractivity contribution < 1.29 is 35.9 Å². The summed E-state index contributed by atoms with van der Waals surface area (Å²) in [7, 11) is 0. The smallest absolute Gasteiger partial charge is 0.417 e. The zero-order valence-corrected chi connectivity index (χ0v) is 17.0. The molecule has 3 heterocycles. The Morgan fingerprint density at radius 3 is 2.52 bits per heavy atom. The lowest BCUT2D eigenvalue weighted by Gasteiger charge is -2.32. The van der Waals surface area contributed by atoms with E-state index in [4.69, 9.17) is 4.74 Å². The molecule has 1 unspecified atom stereocenters. The van der Waals surface area contributed by atoms with E-state index < -0.39 is 36.0 Å². The monoisotopic (exact) mass is 472 g/mol. The Balaban J connectivity index is 1.45. The molecule has 2 aromatic heterocycles. The molecule has 12 heteroatoms. The quantitative estimate of drug-likeness (QED) is 0.523. The molecule has 0 saturated carbocycles. The molecule has 33 heavy (non-hydrogen) atoms. The highest BCUT2D eigenvalue weighted by molar-refractivity contribution is 5.78. The van der Waals surface area contributed by atoms with E-state index in [1.54, 1.807) is 0 Å². The van der Waals surface area contributed by atoms with E-state index >= 15 is 0 Å². The van der Waals surface area contributed by atoms with Crippen LogP contribution < -0.4 is 4.74 Å². The fourth-order valence-electron chi connectivity index (χ4n) is 3.77. The van der Waals surface area contributed by atoms with Gasteiger partial charge in [-0.05, 0) is 43.2 Å². The van der Waals surface area contributed by atoms with Crippen molar-refractivity contribution in [1.82, 2.24) is 19.5 Å². The third kappa shape index (κ3) is 5.04. The Labute approximate surface area is 183 Å². The lowest BCUT2D eigenvalue weighted by Crippen LogP contribution is -2.42. The summed E-state index contributed by atoms with van der Waals surface area (Å²) in [6.45, 7) is 0.112. The number of rotatable bonds is 4.